The van der Waals surface area contributed by atoms with Crippen LogP contribution in [0.25, 0.3) is 11.5 Å². The van der Waals surface area contributed by atoms with Gasteiger partial charge < -0.3 is 4.42 Å². The predicted octanol–water partition coefficient (Wildman–Crippen LogP) is 2.26. The highest BCUT2D eigenvalue weighted by molar-refractivity contribution is 5.52. The van der Waals surface area contributed by atoms with Crippen LogP contribution in [0, 0.1) is 5.82 Å². The van der Waals surface area contributed by atoms with Gasteiger partial charge in [-0.25, -0.2) is 9.07 Å². The van der Waals surface area contributed by atoms with Crippen molar-refractivity contribution in [3.8, 4) is 11.5 Å². The van der Waals surface area contributed by atoms with Crippen LogP contribution in [0.1, 0.15) is 25.4 Å². The highest BCUT2D eigenvalue weighted by Crippen LogP contribution is 2.35. The highest BCUT2D eigenvalue weighted by Gasteiger charge is 2.44. The van der Waals surface area contributed by atoms with E-state index in [-0.39, 0.29) is 11.2 Å². The third kappa shape index (κ3) is 2.93. The van der Waals surface area contributed by atoms with Crippen molar-refractivity contribution in [3.63, 3.8) is 0 Å². The molecule has 1 fully saturated rings. The molecule has 0 N–H and O–H groups in total. The van der Waals surface area contributed by atoms with E-state index in [2.05, 4.69) is 32.3 Å². The molecule has 0 saturated carbocycles. The fourth-order valence-corrected chi connectivity index (χ4v) is 3.29. The fraction of sp³-hybridized carbons (Fsp3) is 0.412. The Morgan fingerprint density at radius 3 is 2.88 bits per heavy atom. The smallest absolute Gasteiger partial charge is 0.247 e. The van der Waals surface area contributed by atoms with E-state index in [9.17, 15) is 4.39 Å². The van der Waals surface area contributed by atoms with Crippen molar-refractivity contribution in [1.82, 2.24) is 30.1 Å². The number of hydrogen-bond donors (Lipinski definition) is 0. The van der Waals surface area contributed by atoms with Crippen LogP contribution in [0.5, 0.6) is 0 Å². The van der Waals surface area contributed by atoms with Gasteiger partial charge in [0, 0.05) is 31.7 Å². The van der Waals surface area contributed by atoms with Gasteiger partial charge in [-0.2, -0.15) is 0 Å². The summed E-state index contributed by atoms with van der Waals surface area (Å²) >= 11 is 0. The summed E-state index contributed by atoms with van der Waals surface area (Å²) in [5, 5.41) is 16.3. The molecule has 2 aromatic heterocycles. The number of likely N-dealkylation sites (tertiary alicyclic amines) is 1. The van der Waals surface area contributed by atoms with E-state index >= 15 is 0 Å². The maximum atomic E-state index is 13.4. The van der Waals surface area contributed by atoms with Crippen LogP contribution < -0.4 is 0 Å². The molecule has 8 heteroatoms. The predicted molar refractivity (Wildman–Crippen MR) is 88.0 cm³/mol. The molecule has 0 amide bonds. The highest BCUT2D eigenvalue weighted by atomic mass is 19.1. The van der Waals surface area contributed by atoms with E-state index in [4.69, 9.17) is 4.42 Å². The van der Waals surface area contributed by atoms with Gasteiger partial charge in [-0.1, -0.05) is 11.3 Å². The zero-order valence-electron chi connectivity index (χ0n) is 14.2. The van der Waals surface area contributed by atoms with E-state index in [1.165, 1.54) is 12.1 Å². The minimum Gasteiger partial charge on any atom is -0.420 e. The molecule has 3 aromatic rings. The summed E-state index contributed by atoms with van der Waals surface area (Å²) in [6.07, 6.45) is 1.80. The summed E-state index contributed by atoms with van der Waals surface area (Å²) in [5.74, 6) is 0.618. The molecule has 4 rings (SSSR count). The van der Waals surface area contributed by atoms with Crippen molar-refractivity contribution in [1.29, 1.82) is 0 Å². The minimum atomic E-state index is -0.320. The van der Waals surface area contributed by atoms with Gasteiger partial charge in [-0.3, -0.25) is 4.90 Å². The quantitative estimate of drug-likeness (QED) is 0.708. The standard InChI is InChI=1S/C17H19FN6O/c1-3-24-14(8-19-22-24)9-23-10-17(2,11-23)16-21-20-15(25-16)12-5-4-6-13(18)7-12/h4-8H,3,9-11H2,1-2H3. The molecule has 1 aliphatic rings. The molecule has 0 radical (unpaired) electrons. The summed E-state index contributed by atoms with van der Waals surface area (Å²) in [4.78, 5) is 2.29. The molecular formula is C17H19FN6O. The molecule has 1 saturated heterocycles. The van der Waals surface area contributed by atoms with Crippen LogP contribution >= 0.6 is 0 Å². The summed E-state index contributed by atoms with van der Waals surface area (Å²) in [5.41, 5.74) is 1.50. The largest absolute Gasteiger partial charge is 0.420 e. The lowest BCUT2D eigenvalue weighted by molar-refractivity contribution is 0.0490. The first-order chi connectivity index (χ1) is 12.1. The summed E-state index contributed by atoms with van der Waals surface area (Å²) in [6, 6.07) is 6.17. The molecule has 1 aliphatic heterocycles. The Kier molecular flexibility index (Phi) is 3.84. The van der Waals surface area contributed by atoms with Crippen molar-refractivity contribution in [2.75, 3.05) is 13.1 Å². The number of aryl methyl sites for hydroxylation is 1. The monoisotopic (exact) mass is 342 g/mol. The average Bonchev–Trinajstić information content (AvgIpc) is 3.22. The number of hydrogen-bond acceptors (Lipinski definition) is 6. The zero-order chi connectivity index (χ0) is 17.4. The van der Waals surface area contributed by atoms with E-state index in [0.29, 0.717) is 17.3 Å². The third-order valence-electron chi connectivity index (χ3n) is 4.54. The number of halogens is 1. The van der Waals surface area contributed by atoms with Crippen molar-refractivity contribution < 1.29 is 8.81 Å². The Labute approximate surface area is 144 Å². The van der Waals surface area contributed by atoms with Crippen LogP contribution in [0.2, 0.25) is 0 Å². The first kappa shape index (κ1) is 15.9. The topological polar surface area (TPSA) is 72.9 Å². The van der Waals surface area contributed by atoms with Gasteiger partial charge in [0.1, 0.15) is 5.82 Å². The van der Waals surface area contributed by atoms with Crippen molar-refractivity contribution in [3.05, 3.63) is 47.9 Å². The second-order valence-corrected chi connectivity index (χ2v) is 6.67. The number of nitrogens with zero attached hydrogens (tertiary/aromatic N) is 6. The van der Waals surface area contributed by atoms with Crippen LogP contribution in [0.4, 0.5) is 4.39 Å². The Morgan fingerprint density at radius 1 is 1.28 bits per heavy atom. The maximum absolute atomic E-state index is 13.4. The molecule has 3 heterocycles. The maximum Gasteiger partial charge on any atom is 0.247 e. The molecule has 130 valence electrons. The second kappa shape index (κ2) is 6.03. The van der Waals surface area contributed by atoms with E-state index < -0.39 is 0 Å². The third-order valence-corrected chi connectivity index (χ3v) is 4.54. The van der Waals surface area contributed by atoms with Gasteiger partial charge >= 0.3 is 0 Å². The van der Waals surface area contributed by atoms with Crippen LogP contribution in [-0.2, 0) is 18.5 Å². The molecule has 7 nitrogen and oxygen atoms in total. The fourth-order valence-electron chi connectivity index (χ4n) is 3.29. The lowest BCUT2D eigenvalue weighted by atomic mass is 9.82. The number of benzene rings is 1. The Bertz CT molecular complexity index is 883. The normalized spacial score (nSPS) is 16.8. The SMILES string of the molecule is CCn1nncc1CN1CC(C)(c2nnc(-c3cccc(F)c3)o2)C1. The second-order valence-electron chi connectivity index (χ2n) is 6.67. The summed E-state index contributed by atoms with van der Waals surface area (Å²) in [7, 11) is 0. The van der Waals surface area contributed by atoms with Gasteiger partial charge in [0.2, 0.25) is 11.8 Å². The van der Waals surface area contributed by atoms with Gasteiger partial charge in [0.05, 0.1) is 17.3 Å². The average molecular weight is 342 g/mol. The molecule has 0 unspecified atom stereocenters. The number of rotatable bonds is 5. The molecule has 1 aromatic carbocycles. The van der Waals surface area contributed by atoms with E-state index in [1.807, 2.05) is 11.6 Å². The summed E-state index contributed by atoms with van der Waals surface area (Å²) < 4.78 is 21.1. The molecule has 0 spiro atoms. The van der Waals surface area contributed by atoms with Crippen LogP contribution in [-0.4, -0.2) is 43.2 Å². The lowest BCUT2D eigenvalue weighted by Gasteiger charge is -2.45. The van der Waals surface area contributed by atoms with Gasteiger partial charge in [-0.15, -0.1) is 15.3 Å². The first-order valence-electron chi connectivity index (χ1n) is 8.27. The Morgan fingerprint density at radius 2 is 2.12 bits per heavy atom. The van der Waals surface area contributed by atoms with Crippen LogP contribution in [0.3, 0.4) is 0 Å². The van der Waals surface area contributed by atoms with E-state index in [1.54, 1.807) is 18.3 Å². The molecule has 25 heavy (non-hydrogen) atoms. The molecular weight excluding hydrogens is 323 g/mol. The Balaban J connectivity index is 1.45. The molecule has 0 bridgehead atoms. The van der Waals surface area contributed by atoms with Crippen molar-refractivity contribution >= 4 is 0 Å². The molecule has 0 atom stereocenters. The van der Waals surface area contributed by atoms with Crippen LogP contribution in [0.15, 0.2) is 34.9 Å². The molecule has 0 aliphatic carbocycles. The van der Waals surface area contributed by atoms with Crippen molar-refractivity contribution in [2.45, 2.75) is 32.4 Å². The summed E-state index contributed by atoms with van der Waals surface area (Å²) in [6.45, 7) is 7.37. The van der Waals surface area contributed by atoms with E-state index in [0.717, 1.165) is 31.9 Å². The lowest BCUT2D eigenvalue weighted by Crippen LogP contribution is -2.57. The van der Waals surface area contributed by atoms with Gasteiger partial charge in [0.25, 0.3) is 0 Å². The van der Waals surface area contributed by atoms with Crippen molar-refractivity contribution in [2.24, 2.45) is 0 Å². The number of aromatic nitrogens is 5. The van der Waals surface area contributed by atoms with Gasteiger partial charge in [0.15, 0.2) is 0 Å². The minimum absolute atomic E-state index is 0.191. The van der Waals surface area contributed by atoms with Gasteiger partial charge in [-0.05, 0) is 32.0 Å². The first-order valence-corrected chi connectivity index (χ1v) is 8.27. The Hall–Kier alpha value is -2.61. The zero-order valence-corrected chi connectivity index (χ0v) is 14.2.